The fourth-order valence-corrected chi connectivity index (χ4v) is 4.68. The fraction of sp³-hybridized carbons (Fsp3) is 0.333. The first-order valence-electron chi connectivity index (χ1n) is 11.4. The van der Waals surface area contributed by atoms with Crippen molar-refractivity contribution in [1.82, 2.24) is 4.98 Å². The van der Waals surface area contributed by atoms with Gasteiger partial charge in [-0.2, -0.15) is 0 Å². The molecule has 180 valence electrons. The lowest BCUT2D eigenvalue weighted by molar-refractivity contribution is 0.282. The van der Waals surface area contributed by atoms with Gasteiger partial charge >= 0.3 is 0 Å². The molecule has 0 bridgehead atoms. The van der Waals surface area contributed by atoms with Crippen LogP contribution in [0.4, 0.5) is 0 Å². The van der Waals surface area contributed by atoms with Crippen molar-refractivity contribution in [3.05, 3.63) is 87.2 Å². The lowest BCUT2D eigenvalue weighted by Gasteiger charge is -2.22. The molecular formula is C27H29Cl3N2O2. The molecule has 7 heteroatoms. The molecular weight excluding hydrogens is 491 g/mol. The Labute approximate surface area is 217 Å². The molecule has 2 heterocycles. The van der Waals surface area contributed by atoms with Gasteiger partial charge in [0, 0.05) is 42.2 Å². The fourth-order valence-electron chi connectivity index (χ4n) is 4.18. The molecule has 0 saturated carbocycles. The van der Waals surface area contributed by atoms with Crippen molar-refractivity contribution < 1.29 is 9.47 Å². The third kappa shape index (κ3) is 6.44. The van der Waals surface area contributed by atoms with Crippen LogP contribution >= 0.6 is 35.6 Å². The number of ether oxygens (including phenoxy) is 2. The van der Waals surface area contributed by atoms with Gasteiger partial charge in [0.05, 0.1) is 23.8 Å². The molecule has 0 aliphatic carbocycles. The molecule has 0 radical (unpaired) electrons. The van der Waals surface area contributed by atoms with Gasteiger partial charge in [0.25, 0.3) is 0 Å². The van der Waals surface area contributed by atoms with Gasteiger partial charge in [0.1, 0.15) is 0 Å². The molecule has 1 aliphatic rings. The van der Waals surface area contributed by atoms with Crippen LogP contribution in [0.3, 0.4) is 0 Å². The molecule has 4 nitrogen and oxygen atoms in total. The van der Waals surface area contributed by atoms with Crippen molar-refractivity contribution >= 4 is 41.3 Å². The third-order valence-electron chi connectivity index (χ3n) is 5.92. The molecule has 0 atom stereocenters. The minimum Gasteiger partial charge on any atom is -0.493 e. The summed E-state index contributed by atoms with van der Waals surface area (Å²) in [5.74, 6) is 1.59. The van der Waals surface area contributed by atoms with E-state index >= 15 is 0 Å². The van der Waals surface area contributed by atoms with Crippen molar-refractivity contribution in [2.24, 2.45) is 4.99 Å². The number of aryl methyl sites for hydroxylation is 1. The maximum absolute atomic E-state index is 6.36. The zero-order chi connectivity index (χ0) is 23.0. The predicted octanol–water partition coefficient (Wildman–Crippen LogP) is 7.20. The average Bonchev–Trinajstić information content (AvgIpc) is 2.84. The third-order valence-corrected chi connectivity index (χ3v) is 6.57. The highest BCUT2D eigenvalue weighted by Crippen LogP contribution is 2.37. The van der Waals surface area contributed by atoms with Crippen molar-refractivity contribution in [3.63, 3.8) is 0 Å². The second-order valence-electron chi connectivity index (χ2n) is 8.10. The maximum Gasteiger partial charge on any atom is 0.165 e. The molecule has 4 rings (SSSR count). The SMILES string of the molecule is COc1ccc2c(c1OCCCCCc1ccccc1)CCN=C2Cc1c(Cl)cncc1Cl.Cl. The lowest BCUT2D eigenvalue weighted by Crippen LogP contribution is -2.17. The molecule has 3 aromatic rings. The van der Waals surface area contributed by atoms with Crippen LogP contribution in [0.5, 0.6) is 11.5 Å². The second-order valence-corrected chi connectivity index (χ2v) is 8.92. The number of aromatic nitrogens is 1. The van der Waals surface area contributed by atoms with Crippen LogP contribution < -0.4 is 9.47 Å². The first-order chi connectivity index (χ1) is 16.2. The summed E-state index contributed by atoms with van der Waals surface area (Å²) < 4.78 is 11.9. The number of nitrogens with zero attached hydrogens (tertiary/aromatic N) is 2. The van der Waals surface area contributed by atoms with E-state index in [4.69, 9.17) is 37.7 Å². The Kier molecular flexibility index (Phi) is 10.1. The van der Waals surface area contributed by atoms with E-state index in [9.17, 15) is 0 Å². The molecule has 0 unspecified atom stereocenters. The van der Waals surface area contributed by atoms with Crippen LogP contribution in [0.15, 0.2) is 59.9 Å². The number of halogens is 3. The molecule has 0 N–H and O–H groups in total. The number of methoxy groups -OCH3 is 1. The summed E-state index contributed by atoms with van der Waals surface area (Å²) in [5, 5.41) is 1.11. The smallest absolute Gasteiger partial charge is 0.165 e. The predicted molar refractivity (Wildman–Crippen MR) is 143 cm³/mol. The Balaban J connectivity index is 0.00000324. The minimum absolute atomic E-state index is 0. The normalized spacial score (nSPS) is 12.4. The highest BCUT2D eigenvalue weighted by molar-refractivity contribution is 6.36. The summed E-state index contributed by atoms with van der Waals surface area (Å²) in [4.78, 5) is 8.83. The number of fused-ring (bicyclic) bond motifs is 1. The summed E-state index contributed by atoms with van der Waals surface area (Å²) in [6.07, 6.45) is 8.99. The monoisotopic (exact) mass is 518 g/mol. The molecule has 0 fully saturated rings. The number of hydrogen-bond donors (Lipinski definition) is 0. The van der Waals surface area contributed by atoms with E-state index in [1.807, 2.05) is 6.07 Å². The number of unbranched alkanes of at least 4 members (excludes halogenated alkanes) is 2. The molecule has 0 amide bonds. The maximum atomic E-state index is 6.36. The Morgan fingerprint density at radius 2 is 1.71 bits per heavy atom. The van der Waals surface area contributed by atoms with Crippen LogP contribution in [0, 0.1) is 0 Å². The highest BCUT2D eigenvalue weighted by Gasteiger charge is 2.23. The van der Waals surface area contributed by atoms with E-state index in [-0.39, 0.29) is 12.4 Å². The van der Waals surface area contributed by atoms with E-state index in [2.05, 4.69) is 41.4 Å². The van der Waals surface area contributed by atoms with Crippen molar-refractivity contribution in [2.75, 3.05) is 20.3 Å². The Morgan fingerprint density at radius 1 is 0.941 bits per heavy atom. The topological polar surface area (TPSA) is 43.7 Å². The Bertz CT molecular complexity index is 1100. The van der Waals surface area contributed by atoms with E-state index < -0.39 is 0 Å². The summed E-state index contributed by atoms with van der Waals surface area (Å²) in [7, 11) is 1.68. The van der Waals surface area contributed by atoms with Gasteiger partial charge in [0.2, 0.25) is 0 Å². The van der Waals surface area contributed by atoms with Crippen molar-refractivity contribution in [1.29, 1.82) is 0 Å². The summed E-state index contributed by atoms with van der Waals surface area (Å²) in [5.41, 5.74) is 5.41. The standard InChI is InChI=1S/C27H28Cl2N2O2.ClH/c1-32-26-12-11-20-21(13-14-31-25(20)16-22-23(28)17-30-18-24(22)29)27(26)33-15-7-3-6-10-19-8-4-2-5-9-19;/h2,4-5,8-9,11-12,17-18H,3,6-7,10,13-16H2,1H3;1H. The van der Waals surface area contributed by atoms with Gasteiger partial charge in [-0.15, -0.1) is 12.4 Å². The van der Waals surface area contributed by atoms with Gasteiger partial charge < -0.3 is 9.47 Å². The Hall–Kier alpha value is -2.27. The quantitative estimate of drug-likeness (QED) is 0.266. The van der Waals surface area contributed by atoms with Crippen LogP contribution in [-0.2, 0) is 19.3 Å². The second kappa shape index (κ2) is 13.0. The van der Waals surface area contributed by atoms with Gasteiger partial charge in [-0.1, -0.05) is 53.5 Å². The van der Waals surface area contributed by atoms with Crippen molar-refractivity contribution in [3.8, 4) is 11.5 Å². The van der Waals surface area contributed by atoms with E-state index in [0.717, 1.165) is 66.0 Å². The lowest BCUT2D eigenvalue weighted by atomic mass is 9.92. The molecule has 2 aromatic carbocycles. The summed E-state index contributed by atoms with van der Waals surface area (Å²) in [6, 6.07) is 14.6. The van der Waals surface area contributed by atoms with Gasteiger partial charge in [-0.3, -0.25) is 9.98 Å². The first-order valence-corrected chi connectivity index (χ1v) is 12.1. The minimum atomic E-state index is 0. The summed E-state index contributed by atoms with van der Waals surface area (Å²) in [6.45, 7) is 1.36. The highest BCUT2D eigenvalue weighted by atomic mass is 35.5. The number of aliphatic imine (C=N–C) groups is 1. The van der Waals surface area contributed by atoms with E-state index in [0.29, 0.717) is 29.6 Å². The van der Waals surface area contributed by atoms with Gasteiger partial charge in [-0.25, -0.2) is 0 Å². The van der Waals surface area contributed by atoms with E-state index in [1.54, 1.807) is 19.5 Å². The van der Waals surface area contributed by atoms with Crippen LogP contribution in [-0.4, -0.2) is 31.0 Å². The van der Waals surface area contributed by atoms with E-state index in [1.165, 1.54) is 5.56 Å². The van der Waals surface area contributed by atoms with Crippen molar-refractivity contribution in [2.45, 2.75) is 38.5 Å². The molecule has 34 heavy (non-hydrogen) atoms. The molecule has 1 aliphatic heterocycles. The van der Waals surface area contributed by atoms with Crippen LogP contribution in [0.25, 0.3) is 0 Å². The molecule has 1 aromatic heterocycles. The molecule has 0 saturated heterocycles. The number of rotatable bonds is 10. The molecule has 0 spiro atoms. The number of benzene rings is 2. The number of pyridine rings is 1. The summed E-state index contributed by atoms with van der Waals surface area (Å²) >= 11 is 12.7. The van der Waals surface area contributed by atoms with Crippen LogP contribution in [0.1, 0.15) is 41.5 Å². The van der Waals surface area contributed by atoms with Crippen LogP contribution in [0.2, 0.25) is 10.0 Å². The first kappa shape index (κ1) is 26.3. The number of hydrogen-bond acceptors (Lipinski definition) is 4. The largest absolute Gasteiger partial charge is 0.493 e. The Morgan fingerprint density at radius 3 is 2.44 bits per heavy atom. The van der Waals surface area contributed by atoms with Gasteiger partial charge in [0.15, 0.2) is 11.5 Å². The zero-order valence-electron chi connectivity index (χ0n) is 19.2. The van der Waals surface area contributed by atoms with Gasteiger partial charge in [-0.05, 0) is 55.4 Å². The average molecular weight is 520 g/mol. The zero-order valence-corrected chi connectivity index (χ0v) is 21.6.